The van der Waals surface area contributed by atoms with Crippen LogP contribution in [0.15, 0.2) is 24.3 Å². The number of amides is 1. The van der Waals surface area contributed by atoms with E-state index in [1.54, 1.807) is 6.08 Å². The highest BCUT2D eigenvalue weighted by molar-refractivity contribution is 5.76. The Morgan fingerprint density at radius 3 is 2.02 bits per heavy atom. The minimum Gasteiger partial charge on any atom is -0.394 e. The van der Waals surface area contributed by atoms with Gasteiger partial charge in [-0.1, -0.05) is 83.1 Å². The summed E-state index contributed by atoms with van der Waals surface area (Å²) < 4.78 is 11.0. The van der Waals surface area contributed by atoms with Gasteiger partial charge < -0.3 is 40.3 Å². The fourth-order valence-electron chi connectivity index (χ4n) is 4.62. The molecule has 9 heteroatoms. The molecule has 1 fully saturated rings. The summed E-state index contributed by atoms with van der Waals surface area (Å²) in [5.74, 6) is -0.198. The van der Waals surface area contributed by atoms with Crippen molar-refractivity contribution < 1.29 is 39.8 Å². The minimum atomic E-state index is -1.56. The summed E-state index contributed by atoms with van der Waals surface area (Å²) in [7, 11) is 0. The van der Waals surface area contributed by atoms with Gasteiger partial charge in [-0.2, -0.15) is 0 Å². The number of rotatable bonds is 23. The van der Waals surface area contributed by atoms with Crippen LogP contribution in [-0.2, 0) is 14.3 Å². The van der Waals surface area contributed by atoms with E-state index in [1.807, 2.05) is 6.08 Å². The summed E-state index contributed by atoms with van der Waals surface area (Å²) in [5.41, 5.74) is 0. The van der Waals surface area contributed by atoms with E-state index in [0.717, 1.165) is 64.2 Å². The van der Waals surface area contributed by atoms with E-state index in [2.05, 4.69) is 31.3 Å². The van der Waals surface area contributed by atoms with Gasteiger partial charge in [-0.3, -0.25) is 4.79 Å². The van der Waals surface area contributed by atoms with Gasteiger partial charge in [0.1, 0.15) is 24.4 Å². The molecule has 1 saturated heterocycles. The first kappa shape index (κ1) is 36.7. The molecule has 0 bridgehead atoms. The van der Waals surface area contributed by atoms with Crippen molar-refractivity contribution in [1.29, 1.82) is 0 Å². The van der Waals surface area contributed by atoms with Crippen molar-refractivity contribution in [2.24, 2.45) is 0 Å². The SMILES string of the molecule is CCCCC/C=C\CCCCCCCC(=O)NC(COC1OC(CO)C(O)C(O)C1O)C(O)/C=C/CCCCC. The van der Waals surface area contributed by atoms with Crippen molar-refractivity contribution >= 4 is 5.91 Å². The summed E-state index contributed by atoms with van der Waals surface area (Å²) in [4.78, 5) is 12.7. The molecule has 1 aliphatic heterocycles. The zero-order chi connectivity index (χ0) is 29.6. The molecule has 234 valence electrons. The summed E-state index contributed by atoms with van der Waals surface area (Å²) in [6.45, 7) is 3.57. The molecular formula is C31H57NO8. The molecule has 6 N–H and O–H groups in total. The van der Waals surface area contributed by atoms with E-state index in [1.165, 1.54) is 25.7 Å². The zero-order valence-corrected chi connectivity index (χ0v) is 24.8. The second-order valence-electron chi connectivity index (χ2n) is 10.9. The van der Waals surface area contributed by atoms with Crippen LogP contribution in [0.1, 0.15) is 110 Å². The lowest BCUT2D eigenvalue weighted by atomic mass is 9.99. The zero-order valence-electron chi connectivity index (χ0n) is 24.8. The molecule has 40 heavy (non-hydrogen) atoms. The predicted molar refractivity (Wildman–Crippen MR) is 157 cm³/mol. The molecular weight excluding hydrogens is 514 g/mol. The van der Waals surface area contributed by atoms with Crippen LogP contribution >= 0.6 is 0 Å². The molecule has 0 aliphatic carbocycles. The number of carbonyl (C=O) groups excluding carboxylic acids is 1. The van der Waals surface area contributed by atoms with Crippen LogP contribution < -0.4 is 5.32 Å². The Morgan fingerprint density at radius 1 is 0.825 bits per heavy atom. The minimum absolute atomic E-state index is 0.194. The maximum absolute atomic E-state index is 12.7. The molecule has 0 radical (unpaired) electrons. The second kappa shape index (κ2) is 23.3. The summed E-state index contributed by atoms with van der Waals surface area (Å²) >= 11 is 0. The quantitative estimate of drug-likeness (QED) is 0.0804. The molecule has 9 nitrogen and oxygen atoms in total. The topological polar surface area (TPSA) is 149 Å². The number of hydrogen-bond acceptors (Lipinski definition) is 8. The van der Waals surface area contributed by atoms with Gasteiger partial charge in [0.2, 0.25) is 5.91 Å². The second-order valence-corrected chi connectivity index (χ2v) is 10.9. The first-order valence-electron chi connectivity index (χ1n) is 15.6. The molecule has 1 amide bonds. The number of ether oxygens (including phenoxy) is 2. The van der Waals surface area contributed by atoms with Crippen LogP contribution in [-0.4, -0.2) is 87.5 Å². The van der Waals surface area contributed by atoms with Crippen molar-refractivity contribution in [3.05, 3.63) is 24.3 Å². The highest BCUT2D eigenvalue weighted by atomic mass is 16.7. The normalized spacial score (nSPS) is 25.0. The molecule has 7 atom stereocenters. The molecule has 0 aromatic carbocycles. The molecule has 1 aliphatic rings. The molecule has 1 rings (SSSR count). The van der Waals surface area contributed by atoms with Crippen molar-refractivity contribution in [3.8, 4) is 0 Å². The van der Waals surface area contributed by atoms with E-state index in [0.29, 0.717) is 6.42 Å². The highest BCUT2D eigenvalue weighted by Gasteiger charge is 2.44. The van der Waals surface area contributed by atoms with Gasteiger partial charge in [0.05, 0.1) is 25.4 Å². The van der Waals surface area contributed by atoms with E-state index < -0.39 is 49.5 Å². The lowest BCUT2D eigenvalue weighted by Crippen LogP contribution is -2.60. The van der Waals surface area contributed by atoms with Crippen molar-refractivity contribution in [2.75, 3.05) is 13.2 Å². The average molecular weight is 572 g/mol. The number of aliphatic hydroxyl groups excluding tert-OH is 5. The summed E-state index contributed by atoms with van der Waals surface area (Å²) in [6.07, 6.45) is 15.5. The van der Waals surface area contributed by atoms with Crippen LogP contribution in [0.4, 0.5) is 0 Å². The number of unbranched alkanes of at least 4 members (excludes halogenated alkanes) is 11. The van der Waals surface area contributed by atoms with Gasteiger partial charge in [-0.05, 0) is 44.9 Å². The fraction of sp³-hybridized carbons (Fsp3) is 0.839. The van der Waals surface area contributed by atoms with Crippen molar-refractivity contribution in [3.63, 3.8) is 0 Å². The largest absolute Gasteiger partial charge is 0.394 e. The molecule has 0 aromatic heterocycles. The maximum Gasteiger partial charge on any atom is 0.220 e. The molecule has 0 aromatic rings. The van der Waals surface area contributed by atoms with Crippen LogP contribution in [0.5, 0.6) is 0 Å². The lowest BCUT2D eigenvalue weighted by Gasteiger charge is -2.40. The fourth-order valence-corrected chi connectivity index (χ4v) is 4.62. The van der Waals surface area contributed by atoms with E-state index in [-0.39, 0.29) is 12.5 Å². The van der Waals surface area contributed by atoms with Crippen molar-refractivity contribution in [2.45, 2.75) is 153 Å². The lowest BCUT2D eigenvalue weighted by molar-refractivity contribution is -0.302. The predicted octanol–water partition coefficient (Wildman–Crippen LogP) is 3.65. The third-order valence-corrected chi connectivity index (χ3v) is 7.27. The van der Waals surface area contributed by atoms with Gasteiger partial charge in [0.15, 0.2) is 6.29 Å². The smallest absolute Gasteiger partial charge is 0.220 e. The number of hydrogen-bond donors (Lipinski definition) is 6. The number of nitrogens with one attached hydrogen (secondary N) is 1. The Labute approximate surface area is 241 Å². The van der Waals surface area contributed by atoms with E-state index in [4.69, 9.17) is 9.47 Å². The molecule has 1 heterocycles. The molecule has 7 unspecified atom stereocenters. The van der Waals surface area contributed by atoms with Gasteiger partial charge in [-0.25, -0.2) is 0 Å². The van der Waals surface area contributed by atoms with Gasteiger partial charge in [0, 0.05) is 6.42 Å². The molecule has 0 spiro atoms. The van der Waals surface area contributed by atoms with Gasteiger partial charge in [-0.15, -0.1) is 0 Å². The van der Waals surface area contributed by atoms with E-state index >= 15 is 0 Å². The molecule has 0 saturated carbocycles. The number of carbonyl (C=O) groups is 1. The Morgan fingerprint density at radius 2 is 1.40 bits per heavy atom. The summed E-state index contributed by atoms with van der Waals surface area (Å²) in [6, 6.07) is -0.800. The Hall–Kier alpha value is -1.33. The van der Waals surface area contributed by atoms with Crippen LogP contribution in [0.3, 0.4) is 0 Å². The van der Waals surface area contributed by atoms with Crippen molar-refractivity contribution in [1.82, 2.24) is 5.32 Å². The third kappa shape index (κ3) is 15.6. The summed E-state index contributed by atoms with van der Waals surface area (Å²) in [5, 5.41) is 53.2. The average Bonchev–Trinajstić information content (AvgIpc) is 2.95. The Bertz CT molecular complexity index is 686. The number of allylic oxidation sites excluding steroid dienone is 3. The maximum atomic E-state index is 12.7. The van der Waals surface area contributed by atoms with Crippen LogP contribution in [0.2, 0.25) is 0 Å². The standard InChI is InChI=1S/C31H57NO8/c1-3-5-7-9-10-11-12-13-14-15-17-19-21-27(35)32-24(25(34)20-18-16-8-6-4-2)23-39-31-30(38)29(37)28(36)26(22-33)40-31/h10-11,18,20,24-26,28-31,33-34,36-38H,3-9,12-17,19,21-23H2,1-2H3,(H,32,35)/b11-10-,20-18+. The first-order valence-corrected chi connectivity index (χ1v) is 15.6. The van der Waals surface area contributed by atoms with Crippen LogP contribution in [0.25, 0.3) is 0 Å². The number of aliphatic hydroxyl groups is 5. The van der Waals surface area contributed by atoms with Gasteiger partial charge >= 0.3 is 0 Å². The monoisotopic (exact) mass is 571 g/mol. The van der Waals surface area contributed by atoms with Crippen LogP contribution in [0, 0.1) is 0 Å². The Kier molecular flexibility index (Phi) is 21.3. The first-order chi connectivity index (χ1) is 19.3. The Balaban J connectivity index is 2.49. The van der Waals surface area contributed by atoms with E-state index in [9.17, 15) is 30.3 Å². The highest BCUT2D eigenvalue weighted by Crippen LogP contribution is 2.22. The van der Waals surface area contributed by atoms with Gasteiger partial charge in [0.25, 0.3) is 0 Å². The third-order valence-electron chi connectivity index (χ3n) is 7.27.